The largest absolute Gasteiger partial charge is 0.394 e. The monoisotopic (exact) mass is 412 g/mol. The van der Waals surface area contributed by atoms with Gasteiger partial charge in [0.15, 0.2) is 0 Å². The molecule has 0 unspecified atom stereocenters. The second kappa shape index (κ2) is 72.0. The van der Waals surface area contributed by atoms with Crippen molar-refractivity contribution in [3.63, 3.8) is 0 Å². The molecule has 0 rings (SSSR count). The van der Waals surface area contributed by atoms with Crippen molar-refractivity contribution < 1.29 is 29.9 Å². The predicted molar refractivity (Wildman–Crippen MR) is 123 cm³/mol. The van der Waals surface area contributed by atoms with Gasteiger partial charge in [-0.2, -0.15) is 0 Å². The SMILES string of the molecule is C=CC.C=CC.CCCCOCCCC.CCOCC.OCCO.OCCO. The van der Waals surface area contributed by atoms with Crippen LogP contribution < -0.4 is 0 Å². The summed E-state index contributed by atoms with van der Waals surface area (Å²) in [5.74, 6) is 0. The number of aliphatic hydroxyl groups excluding tert-OH is 4. The number of rotatable bonds is 10. The van der Waals surface area contributed by atoms with Crippen molar-refractivity contribution in [2.75, 3.05) is 52.9 Å². The number of hydrogen-bond donors (Lipinski definition) is 4. The molecule has 28 heavy (non-hydrogen) atoms. The van der Waals surface area contributed by atoms with Crippen LogP contribution in [0.2, 0.25) is 0 Å². The number of hydrogen-bond acceptors (Lipinski definition) is 6. The summed E-state index contributed by atoms with van der Waals surface area (Å²) in [5, 5.41) is 30.5. The minimum Gasteiger partial charge on any atom is -0.394 e. The van der Waals surface area contributed by atoms with Gasteiger partial charge in [0, 0.05) is 26.4 Å². The van der Waals surface area contributed by atoms with Gasteiger partial charge < -0.3 is 29.9 Å². The predicted octanol–water partition coefficient (Wildman–Crippen LogP) is 3.97. The third kappa shape index (κ3) is 174. The van der Waals surface area contributed by atoms with E-state index in [1.54, 1.807) is 12.2 Å². The molecule has 0 amide bonds. The molecular weight excluding hydrogens is 360 g/mol. The van der Waals surface area contributed by atoms with Crippen LogP contribution in [0.3, 0.4) is 0 Å². The first-order valence-electron chi connectivity index (χ1n) is 10.2. The van der Waals surface area contributed by atoms with E-state index in [-0.39, 0.29) is 26.4 Å². The van der Waals surface area contributed by atoms with Crippen molar-refractivity contribution in [3.8, 4) is 0 Å². The smallest absolute Gasteiger partial charge is 0.0662 e. The van der Waals surface area contributed by atoms with E-state index < -0.39 is 0 Å². The molecule has 0 bridgehead atoms. The Hall–Kier alpha value is -0.760. The van der Waals surface area contributed by atoms with Crippen molar-refractivity contribution in [1.82, 2.24) is 0 Å². The zero-order valence-corrected chi connectivity index (χ0v) is 19.7. The fourth-order valence-corrected chi connectivity index (χ4v) is 0.799. The summed E-state index contributed by atoms with van der Waals surface area (Å²) in [5.41, 5.74) is 0. The number of allylic oxidation sites excluding steroid dienone is 2. The van der Waals surface area contributed by atoms with Crippen LogP contribution in [-0.4, -0.2) is 73.3 Å². The van der Waals surface area contributed by atoms with Crippen molar-refractivity contribution >= 4 is 0 Å². The van der Waals surface area contributed by atoms with Crippen LogP contribution in [0.1, 0.15) is 67.2 Å². The summed E-state index contributed by atoms with van der Waals surface area (Å²) in [6, 6.07) is 0. The van der Waals surface area contributed by atoms with Crippen LogP contribution in [0.4, 0.5) is 0 Å². The highest BCUT2D eigenvalue weighted by atomic mass is 16.5. The quantitative estimate of drug-likeness (QED) is 0.320. The van der Waals surface area contributed by atoms with E-state index in [1.807, 2.05) is 27.7 Å². The van der Waals surface area contributed by atoms with Crippen LogP contribution in [-0.2, 0) is 9.47 Å². The normalized spacial score (nSPS) is 7.79. The maximum Gasteiger partial charge on any atom is 0.0662 e. The first kappa shape index (κ1) is 41.6. The Morgan fingerprint density at radius 2 is 0.857 bits per heavy atom. The topological polar surface area (TPSA) is 99.4 Å². The minimum atomic E-state index is -0.125. The lowest BCUT2D eigenvalue weighted by Gasteiger charge is -1.99. The van der Waals surface area contributed by atoms with Gasteiger partial charge in [0.1, 0.15) is 0 Å². The average molecular weight is 413 g/mol. The zero-order valence-electron chi connectivity index (χ0n) is 19.7. The fourth-order valence-electron chi connectivity index (χ4n) is 0.799. The Kier molecular flexibility index (Phi) is 107. The molecule has 0 aliphatic heterocycles. The summed E-state index contributed by atoms with van der Waals surface area (Å²) in [4.78, 5) is 0. The third-order valence-electron chi connectivity index (χ3n) is 1.89. The fraction of sp³-hybridized carbons (Fsp3) is 0.818. The van der Waals surface area contributed by atoms with E-state index in [0.717, 1.165) is 26.4 Å². The molecule has 0 atom stereocenters. The van der Waals surface area contributed by atoms with Gasteiger partial charge in [0.2, 0.25) is 0 Å². The summed E-state index contributed by atoms with van der Waals surface area (Å²) >= 11 is 0. The first-order chi connectivity index (χ1) is 13.5. The highest BCUT2D eigenvalue weighted by Crippen LogP contribution is 1.91. The Morgan fingerprint density at radius 3 is 0.964 bits per heavy atom. The maximum absolute atomic E-state index is 7.62. The van der Waals surface area contributed by atoms with Gasteiger partial charge >= 0.3 is 0 Å². The highest BCUT2D eigenvalue weighted by Gasteiger charge is 1.84. The van der Waals surface area contributed by atoms with Gasteiger partial charge in [-0.1, -0.05) is 38.8 Å². The van der Waals surface area contributed by atoms with E-state index in [0.29, 0.717) is 0 Å². The number of ether oxygens (including phenoxy) is 2. The van der Waals surface area contributed by atoms with E-state index >= 15 is 0 Å². The third-order valence-corrected chi connectivity index (χ3v) is 1.89. The Labute approximate surface area is 175 Å². The summed E-state index contributed by atoms with van der Waals surface area (Å²) in [7, 11) is 0. The van der Waals surface area contributed by atoms with Crippen LogP contribution in [0, 0.1) is 0 Å². The molecule has 4 N–H and O–H groups in total. The lowest BCUT2D eigenvalue weighted by atomic mass is 10.3. The molecule has 0 saturated carbocycles. The first-order valence-corrected chi connectivity index (χ1v) is 10.2. The van der Waals surface area contributed by atoms with Crippen molar-refractivity contribution in [1.29, 1.82) is 0 Å². The van der Waals surface area contributed by atoms with Crippen LogP contribution >= 0.6 is 0 Å². The van der Waals surface area contributed by atoms with Crippen molar-refractivity contribution in [2.45, 2.75) is 67.2 Å². The molecule has 0 aromatic rings. The molecule has 6 nitrogen and oxygen atoms in total. The second-order valence-electron chi connectivity index (χ2n) is 4.81. The molecule has 0 saturated heterocycles. The van der Waals surface area contributed by atoms with Gasteiger partial charge in [-0.15, -0.1) is 13.2 Å². The molecule has 0 aliphatic rings. The summed E-state index contributed by atoms with van der Waals surface area (Å²) in [6.07, 6.45) is 8.41. The standard InChI is InChI=1S/C8H18O.C4H10O.2C3H6.2C2H6O2/c1-3-5-7-9-8-6-4-2;1-3-5-4-2;2*1-3-2;2*3-1-2-4/h3-8H2,1-2H3;3-4H2,1-2H3;2*3H,1H2,2H3;2*3-4H,1-2H2. The van der Waals surface area contributed by atoms with E-state index in [4.69, 9.17) is 29.9 Å². The minimum absolute atomic E-state index is 0.125. The van der Waals surface area contributed by atoms with E-state index in [2.05, 4.69) is 27.0 Å². The molecule has 176 valence electrons. The summed E-state index contributed by atoms with van der Waals surface area (Å²) in [6.45, 7) is 21.9. The van der Waals surface area contributed by atoms with Crippen molar-refractivity contribution in [2.24, 2.45) is 0 Å². The second-order valence-corrected chi connectivity index (χ2v) is 4.81. The summed E-state index contributed by atoms with van der Waals surface area (Å²) < 4.78 is 10.1. The van der Waals surface area contributed by atoms with E-state index in [1.165, 1.54) is 25.7 Å². The Morgan fingerprint density at radius 1 is 0.607 bits per heavy atom. The van der Waals surface area contributed by atoms with Gasteiger partial charge in [-0.05, 0) is 40.5 Å². The molecule has 6 heteroatoms. The molecule has 0 heterocycles. The van der Waals surface area contributed by atoms with Gasteiger partial charge in [0.25, 0.3) is 0 Å². The van der Waals surface area contributed by atoms with Gasteiger partial charge in [-0.3, -0.25) is 0 Å². The molecular formula is C22H52O6. The Balaban J connectivity index is -0.0000000553. The molecule has 0 fully saturated rings. The van der Waals surface area contributed by atoms with Crippen LogP contribution in [0.15, 0.2) is 25.3 Å². The van der Waals surface area contributed by atoms with Crippen LogP contribution in [0.5, 0.6) is 0 Å². The van der Waals surface area contributed by atoms with E-state index in [9.17, 15) is 0 Å². The maximum atomic E-state index is 7.62. The molecule has 0 radical (unpaired) electrons. The lowest BCUT2D eigenvalue weighted by Crippen LogP contribution is -1.95. The number of aliphatic hydroxyl groups is 4. The molecule has 0 aliphatic carbocycles. The molecule has 0 spiro atoms. The van der Waals surface area contributed by atoms with Crippen molar-refractivity contribution in [3.05, 3.63) is 25.3 Å². The molecule has 0 aromatic heterocycles. The molecule has 0 aromatic carbocycles. The van der Waals surface area contributed by atoms with Gasteiger partial charge in [0.05, 0.1) is 26.4 Å². The Bertz CT molecular complexity index is 168. The zero-order chi connectivity index (χ0) is 23.3. The van der Waals surface area contributed by atoms with Gasteiger partial charge in [-0.25, -0.2) is 0 Å². The highest BCUT2D eigenvalue weighted by molar-refractivity contribution is 4.52. The lowest BCUT2D eigenvalue weighted by molar-refractivity contribution is 0.128. The average Bonchev–Trinajstić information content (AvgIpc) is 2.70. The van der Waals surface area contributed by atoms with Crippen LogP contribution in [0.25, 0.3) is 0 Å². The number of unbranched alkanes of at least 4 members (excludes halogenated alkanes) is 2.